The molecule has 0 fully saturated rings. The minimum atomic E-state index is -3.90. The van der Waals surface area contributed by atoms with Crippen molar-refractivity contribution in [1.82, 2.24) is 4.31 Å². The number of hydrogen-bond donors (Lipinski definition) is 2. The monoisotopic (exact) mass is 275 g/mol. The molecule has 1 aromatic carbocycles. The number of primary amides is 1. The molecule has 4 N–H and O–H groups in total. The van der Waals surface area contributed by atoms with E-state index in [1.165, 1.54) is 0 Å². The van der Waals surface area contributed by atoms with Crippen LogP contribution in [0.4, 0.5) is 10.1 Å². The molecule has 0 aliphatic carbocycles. The van der Waals surface area contributed by atoms with Crippen molar-refractivity contribution in [3.8, 4) is 0 Å². The van der Waals surface area contributed by atoms with Gasteiger partial charge in [0.1, 0.15) is 5.82 Å². The van der Waals surface area contributed by atoms with Gasteiger partial charge in [-0.1, -0.05) is 6.92 Å². The number of nitrogen functional groups attached to an aromatic ring is 1. The quantitative estimate of drug-likeness (QED) is 0.732. The Labute approximate surface area is 104 Å². The number of carbonyl (C=O) groups excluding carboxylic acids is 1. The Morgan fingerprint density at radius 2 is 2.06 bits per heavy atom. The van der Waals surface area contributed by atoms with E-state index in [4.69, 9.17) is 11.5 Å². The molecule has 6 nitrogen and oxygen atoms in total. The van der Waals surface area contributed by atoms with Crippen LogP contribution in [0.2, 0.25) is 0 Å². The molecular weight excluding hydrogens is 261 g/mol. The van der Waals surface area contributed by atoms with Crippen LogP contribution >= 0.6 is 0 Å². The Bertz CT molecular complexity index is 559. The van der Waals surface area contributed by atoms with E-state index in [0.717, 1.165) is 22.5 Å². The molecule has 0 heterocycles. The summed E-state index contributed by atoms with van der Waals surface area (Å²) in [5, 5.41) is 0. The van der Waals surface area contributed by atoms with Crippen molar-refractivity contribution in [2.45, 2.75) is 11.8 Å². The lowest BCUT2D eigenvalue weighted by molar-refractivity contribution is -0.118. The molecule has 1 rings (SSSR count). The first-order valence-electron chi connectivity index (χ1n) is 5.12. The number of carbonyl (C=O) groups is 1. The zero-order chi connectivity index (χ0) is 13.9. The van der Waals surface area contributed by atoms with E-state index in [1.54, 1.807) is 6.92 Å². The fraction of sp³-hybridized carbons (Fsp3) is 0.300. The Hall–Kier alpha value is -1.67. The van der Waals surface area contributed by atoms with Gasteiger partial charge in [0.25, 0.3) is 0 Å². The molecule has 0 saturated carbocycles. The third-order valence-corrected chi connectivity index (χ3v) is 4.21. The van der Waals surface area contributed by atoms with Gasteiger partial charge < -0.3 is 11.5 Å². The number of likely N-dealkylation sites (N-methyl/N-ethyl adjacent to an activating group) is 1. The second-order valence-corrected chi connectivity index (χ2v) is 5.52. The van der Waals surface area contributed by atoms with E-state index in [2.05, 4.69) is 0 Å². The summed E-state index contributed by atoms with van der Waals surface area (Å²) in [7, 11) is -3.90. The van der Waals surface area contributed by atoms with Crippen molar-refractivity contribution < 1.29 is 17.6 Å². The van der Waals surface area contributed by atoms with Crippen LogP contribution in [0.1, 0.15) is 6.92 Å². The SMILES string of the molecule is CCN(CC(N)=O)S(=O)(=O)c1ccc(F)c(N)c1. The van der Waals surface area contributed by atoms with Crippen molar-refractivity contribution in [3.63, 3.8) is 0 Å². The summed E-state index contributed by atoms with van der Waals surface area (Å²) in [5.74, 6) is -1.47. The fourth-order valence-corrected chi connectivity index (χ4v) is 2.82. The highest BCUT2D eigenvalue weighted by molar-refractivity contribution is 7.89. The average molecular weight is 275 g/mol. The molecule has 1 aromatic rings. The predicted molar refractivity (Wildman–Crippen MR) is 64.4 cm³/mol. The molecule has 0 aliphatic rings. The van der Waals surface area contributed by atoms with Crippen LogP contribution in [0.3, 0.4) is 0 Å². The molecule has 0 bridgehead atoms. The summed E-state index contributed by atoms with van der Waals surface area (Å²) in [6.45, 7) is 1.20. The fourth-order valence-electron chi connectivity index (χ4n) is 1.37. The summed E-state index contributed by atoms with van der Waals surface area (Å²) in [6, 6.07) is 3.05. The number of hydrogen-bond acceptors (Lipinski definition) is 4. The third-order valence-electron chi connectivity index (χ3n) is 2.29. The number of rotatable bonds is 5. The molecule has 0 atom stereocenters. The van der Waals surface area contributed by atoms with E-state index in [9.17, 15) is 17.6 Å². The molecule has 0 saturated heterocycles. The number of amides is 1. The van der Waals surface area contributed by atoms with E-state index in [0.29, 0.717) is 0 Å². The van der Waals surface area contributed by atoms with Gasteiger partial charge in [-0.25, -0.2) is 12.8 Å². The highest BCUT2D eigenvalue weighted by Gasteiger charge is 2.25. The van der Waals surface area contributed by atoms with Crippen molar-refractivity contribution in [1.29, 1.82) is 0 Å². The highest BCUT2D eigenvalue weighted by Crippen LogP contribution is 2.20. The molecule has 0 radical (unpaired) electrons. The molecule has 18 heavy (non-hydrogen) atoms. The van der Waals surface area contributed by atoms with Crippen molar-refractivity contribution in [2.75, 3.05) is 18.8 Å². The second kappa shape index (κ2) is 5.32. The standard InChI is InChI=1S/C10H14FN3O3S/c1-2-14(6-10(13)15)18(16,17)7-3-4-8(11)9(12)5-7/h3-5H,2,6,12H2,1H3,(H2,13,15). The number of anilines is 1. The molecule has 8 heteroatoms. The Morgan fingerprint density at radius 1 is 1.44 bits per heavy atom. The smallest absolute Gasteiger partial charge is 0.243 e. The van der Waals surface area contributed by atoms with Crippen molar-refractivity contribution in [3.05, 3.63) is 24.0 Å². The number of benzene rings is 1. The molecule has 1 amide bonds. The summed E-state index contributed by atoms with van der Waals surface area (Å²) in [4.78, 5) is 10.6. The van der Waals surface area contributed by atoms with Crippen LogP contribution in [0.5, 0.6) is 0 Å². The first kappa shape index (κ1) is 14.4. The number of nitrogens with zero attached hydrogens (tertiary/aromatic N) is 1. The maximum atomic E-state index is 13.0. The summed E-state index contributed by atoms with van der Waals surface area (Å²) >= 11 is 0. The van der Waals surface area contributed by atoms with Gasteiger partial charge in [-0.2, -0.15) is 4.31 Å². The molecule has 0 aliphatic heterocycles. The third kappa shape index (κ3) is 2.96. The Balaban J connectivity index is 3.18. The normalized spacial score (nSPS) is 11.7. The lowest BCUT2D eigenvalue weighted by Gasteiger charge is -2.19. The molecule has 0 aromatic heterocycles. The zero-order valence-corrected chi connectivity index (χ0v) is 10.6. The van der Waals surface area contributed by atoms with Crippen LogP contribution in [0.15, 0.2) is 23.1 Å². The van der Waals surface area contributed by atoms with Crippen LogP contribution in [-0.4, -0.2) is 31.7 Å². The van der Waals surface area contributed by atoms with Crippen molar-refractivity contribution >= 4 is 21.6 Å². The van der Waals surface area contributed by atoms with E-state index < -0.39 is 28.3 Å². The molecule has 0 spiro atoms. The predicted octanol–water partition coefficient (Wildman–Crippen LogP) is -0.0962. The van der Waals surface area contributed by atoms with Crippen molar-refractivity contribution in [2.24, 2.45) is 5.73 Å². The first-order valence-corrected chi connectivity index (χ1v) is 6.56. The van der Waals surface area contributed by atoms with Gasteiger partial charge >= 0.3 is 0 Å². The Kier molecular flexibility index (Phi) is 4.25. The van der Waals surface area contributed by atoms with Gasteiger partial charge in [-0.3, -0.25) is 4.79 Å². The van der Waals surface area contributed by atoms with E-state index in [-0.39, 0.29) is 17.1 Å². The molecule has 0 unspecified atom stereocenters. The number of halogens is 1. The van der Waals surface area contributed by atoms with Gasteiger partial charge in [0, 0.05) is 6.54 Å². The summed E-state index contributed by atoms with van der Waals surface area (Å²) in [5.41, 5.74) is 10.0. The number of sulfonamides is 1. The van der Waals surface area contributed by atoms with E-state index >= 15 is 0 Å². The van der Waals surface area contributed by atoms with Crippen LogP contribution in [0.25, 0.3) is 0 Å². The lowest BCUT2D eigenvalue weighted by atomic mass is 10.3. The van der Waals surface area contributed by atoms with Crippen LogP contribution < -0.4 is 11.5 Å². The maximum Gasteiger partial charge on any atom is 0.243 e. The molecular formula is C10H14FN3O3S. The maximum absolute atomic E-state index is 13.0. The Morgan fingerprint density at radius 3 is 2.50 bits per heavy atom. The van der Waals surface area contributed by atoms with Gasteiger partial charge in [-0.15, -0.1) is 0 Å². The van der Waals surface area contributed by atoms with Crippen LogP contribution in [-0.2, 0) is 14.8 Å². The largest absolute Gasteiger partial charge is 0.396 e. The van der Waals surface area contributed by atoms with Gasteiger partial charge in [0.15, 0.2) is 0 Å². The minimum Gasteiger partial charge on any atom is -0.396 e. The van der Waals surface area contributed by atoms with Gasteiger partial charge in [0.2, 0.25) is 15.9 Å². The number of nitrogens with two attached hydrogens (primary N) is 2. The summed E-state index contributed by atoms with van der Waals surface area (Å²) in [6.07, 6.45) is 0. The average Bonchev–Trinajstić information content (AvgIpc) is 2.28. The molecule has 100 valence electrons. The topological polar surface area (TPSA) is 106 Å². The van der Waals surface area contributed by atoms with Gasteiger partial charge in [0.05, 0.1) is 17.1 Å². The minimum absolute atomic E-state index is 0.0720. The van der Waals surface area contributed by atoms with Crippen LogP contribution in [0, 0.1) is 5.82 Å². The lowest BCUT2D eigenvalue weighted by Crippen LogP contribution is -2.38. The summed E-state index contributed by atoms with van der Waals surface area (Å²) < 4.78 is 38.1. The highest BCUT2D eigenvalue weighted by atomic mass is 32.2. The first-order chi connectivity index (χ1) is 8.28. The second-order valence-electron chi connectivity index (χ2n) is 3.58. The zero-order valence-electron chi connectivity index (χ0n) is 9.76. The van der Waals surface area contributed by atoms with Gasteiger partial charge in [-0.05, 0) is 18.2 Å². The van der Waals surface area contributed by atoms with E-state index in [1.807, 2.05) is 0 Å².